The number of hydrogen-bond acceptors (Lipinski definition) is 6. The van der Waals surface area contributed by atoms with Crippen molar-refractivity contribution in [3.63, 3.8) is 0 Å². The SMILES string of the molecule is CC/C=C\C/C=C\C/C=C\C/C=C\C/C=C\C/C=C\CCC(=O)O[C@@H](COC(=O)CCCCCCC/C=C\CCCCCCCC)COC(=O)CCCCCCCCC/C=C\CCCCCCCC. The Morgan fingerprint density at radius 2 is 0.594 bits per heavy atom. The van der Waals surface area contributed by atoms with Crippen molar-refractivity contribution in [2.45, 2.75) is 271 Å². The lowest BCUT2D eigenvalue weighted by atomic mass is 10.1. The third-order valence-corrected chi connectivity index (χ3v) is 12.1. The van der Waals surface area contributed by atoms with Crippen molar-refractivity contribution in [2.75, 3.05) is 13.2 Å². The summed E-state index contributed by atoms with van der Waals surface area (Å²) in [4.78, 5) is 38.1. The Balaban J connectivity index is 4.52. The van der Waals surface area contributed by atoms with E-state index in [1.807, 2.05) is 6.08 Å². The van der Waals surface area contributed by atoms with Gasteiger partial charge in [-0.25, -0.2) is 0 Å². The molecule has 0 fully saturated rings. The Bertz CT molecular complexity index is 1380. The molecule has 0 heterocycles. The van der Waals surface area contributed by atoms with Gasteiger partial charge in [-0.3, -0.25) is 14.4 Å². The highest BCUT2D eigenvalue weighted by molar-refractivity contribution is 5.71. The van der Waals surface area contributed by atoms with E-state index in [0.717, 1.165) is 89.9 Å². The molecule has 0 saturated heterocycles. The van der Waals surface area contributed by atoms with E-state index in [4.69, 9.17) is 14.2 Å². The van der Waals surface area contributed by atoms with E-state index in [2.05, 4.69) is 112 Å². The first-order valence-electron chi connectivity index (χ1n) is 28.7. The minimum Gasteiger partial charge on any atom is -0.462 e. The summed E-state index contributed by atoms with van der Waals surface area (Å²) < 4.78 is 16.8. The molecule has 0 aromatic heterocycles. The molecule has 0 amide bonds. The van der Waals surface area contributed by atoms with E-state index >= 15 is 0 Å². The molecule has 1 atom stereocenters. The van der Waals surface area contributed by atoms with Crippen LogP contribution in [0.2, 0.25) is 0 Å². The van der Waals surface area contributed by atoms with Crippen molar-refractivity contribution in [3.8, 4) is 0 Å². The van der Waals surface area contributed by atoms with Crippen LogP contribution in [0.4, 0.5) is 0 Å². The van der Waals surface area contributed by atoms with Crippen LogP contribution in [-0.4, -0.2) is 37.2 Å². The second-order valence-corrected chi connectivity index (χ2v) is 18.8. The van der Waals surface area contributed by atoms with Crippen LogP contribution in [0.5, 0.6) is 0 Å². The van der Waals surface area contributed by atoms with Gasteiger partial charge >= 0.3 is 17.9 Å². The van der Waals surface area contributed by atoms with Gasteiger partial charge in [-0.05, 0) is 109 Å². The average molecular weight is 960 g/mol. The minimum atomic E-state index is -0.824. The Labute approximate surface area is 426 Å². The molecule has 0 aliphatic heterocycles. The van der Waals surface area contributed by atoms with Gasteiger partial charge in [-0.15, -0.1) is 0 Å². The zero-order valence-corrected chi connectivity index (χ0v) is 45.0. The van der Waals surface area contributed by atoms with Gasteiger partial charge in [0.2, 0.25) is 0 Å². The molecule has 0 bridgehead atoms. The largest absolute Gasteiger partial charge is 0.462 e. The van der Waals surface area contributed by atoms with Crippen molar-refractivity contribution in [3.05, 3.63) is 97.2 Å². The maximum absolute atomic E-state index is 12.8. The summed E-state index contributed by atoms with van der Waals surface area (Å²) in [6, 6.07) is 0. The van der Waals surface area contributed by atoms with Gasteiger partial charge in [0, 0.05) is 19.3 Å². The summed E-state index contributed by atoms with van der Waals surface area (Å²) in [6.07, 6.45) is 75.5. The van der Waals surface area contributed by atoms with Crippen LogP contribution in [0.3, 0.4) is 0 Å². The summed E-state index contributed by atoms with van der Waals surface area (Å²) in [5, 5.41) is 0. The van der Waals surface area contributed by atoms with Crippen molar-refractivity contribution in [1.29, 1.82) is 0 Å². The Hall–Kier alpha value is -3.67. The van der Waals surface area contributed by atoms with Crippen LogP contribution in [-0.2, 0) is 28.6 Å². The van der Waals surface area contributed by atoms with Gasteiger partial charge in [-0.2, -0.15) is 0 Å². The normalized spacial score (nSPS) is 12.8. The fourth-order valence-electron chi connectivity index (χ4n) is 7.75. The minimum absolute atomic E-state index is 0.113. The molecule has 0 radical (unpaired) electrons. The Morgan fingerprint density at radius 3 is 0.942 bits per heavy atom. The smallest absolute Gasteiger partial charge is 0.306 e. The number of unbranched alkanes of at least 4 members (excludes halogenated alkanes) is 24. The molecule has 6 nitrogen and oxygen atoms in total. The highest BCUT2D eigenvalue weighted by Crippen LogP contribution is 2.14. The quantitative estimate of drug-likeness (QED) is 0.0262. The first kappa shape index (κ1) is 65.3. The topological polar surface area (TPSA) is 78.9 Å². The van der Waals surface area contributed by atoms with E-state index < -0.39 is 12.1 Å². The van der Waals surface area contributed by atoms with E-state index in [1.54, 1.807) is 0 Å². The van der Waals surface area contributed by atoms with E-state index in [-0.39, 0.29) is 31.6 Å². The van der Waals surface area contributed by atoms with Crippen molar-refractivity contribution in [1.82, 2.24) is 0 Å². The maximum atomic E-state index is 12.8. The lowest BCUT2D eigenvalue weighted by Gasteiger charge is -2.18. The molecular formula is C63H106O6. The predicted molar refractivity (Wildman–Crippen MR) is 297 cm³/mol. The summed E-state index contributed by atoms with van der Waals surface area (Å²) in [6.45, 7) is 6.45. The van der Waals surface area contributed by atoms with E-state index in [1.165, 1.54) is 128 Å². The Morgan fingerprint density at radius 1 is 0.304 bits per heavy atom. The van der Waals surface area contributed by atoms with E-state index in [9.17, 15) is 14.4 Å². The van der Waals surface area contributed by atoms with Gasteiger partial charge in [0.25, 0.3) is 0 Å². The van der Waals surface area contributed by atoms with Crippen molar-refractivity contribution < 1.29 is 28.6 Å². The molecule has 69 heavy (non-hydrogen) atoms. The number of carbonyl (C=O) groups is 3. The summed E-state index contributed by atoms with van der Waals surface area (Å²) in [5.74, 6) is -1.01. The number of rotatable bonds is 51. The first-order chi connectivity index (χ1) is 34.0. The molecule has 0 saturated carbocycles. The van der Waals surface area contributed by atoms with Gasteiger partial charge in [0.15, 0.2) is 6.10 Å². The average Bonchev–Trinajstić information content (AvgIpc) is 3.35. The molecule has 0 aromatic rings. The van der Waals surface area contributed by atoms with E-state index in [0.29, 0.717) is 19.3 Å². The molecule has 0 unspecified atom stereocenters. The molecule has 0 rings (SSSR count). The third-order valence-electron chi connectivity index (χ3n) is 12.1. The standard InChI is InChI=1S/C63H106O6/c1-4-7-10-13-16-19-22-25-28-30-31-33-36-39-42-45-48-51-54-57-63(66)69-60(58-67-61(64)55-52-49-46-43-40-37-34-27-24-21-18-15-12-9-6-3)59-68-62(65)56-53-50-47-44-41-38-35-32-29-26-23-20-17-14-11-8-5-2/h7,10,16,19,25-29,31,33-34,39,42,48,51,60H,4-6,8-9,11-15,17-18,20-24,30,32,35-38,40-41,43-47,49-50,52-59H2,1-3H3/b10-7-,19-16-,28-25-,29-26-,33-31-,34-27-,42-39-,51-48-/t60-/m0/s1. The zero-order valence-electron chi connectivity index (χ0n) is 45.0. The number of carbonyl (C=O) groups excluding carboxylic acids is 3. The predicted octanol–water partition coefficient (Wildman–Crippen LogP) is 19.3. The van der Waals surface area contributed by atoms with Crippen molar-refractivity contribution >= 4 is 17.9 Å². The fourth-order valence-corrected chi connectivity index (χ4v) is 7.75. The maximum Gasteiger partial charge on any atom is 0.306 e. The summed E-state index contributed by atoms with van der Waals surface area (Å²) in [7, 11) is 0. The number of ether oxygens (including phenoxy) is 3. The first-order valence-corrected chi connectivity index (χ1v) is 28.7. The van der Waals surface area contributed by atoms with Crippen LogP contribution in [0.25, 0.3) is 0 Å². The summed E-state index contributed by atoms with van der Waals surface area (Å²) in [5.41, 5.74) is 0. The molecule has 0 aromatic carbocycles. The lowest BCUT2D eigenvalue weighted by Crippen LogP contribution is -2.30. The van der Waals surface area contributed by atoms with Gasteiger partial charge in [0.05, 0.1) is 0 Å². The van der Waals surface area contributed by atoms with Crippen LogP contribution >= 0.6 is 0 Å². The molecule has 0 spiro atoms. The molecule has 0 aliphatic rings. The molecule has 0 N–H and O–H groups in total. The second-order valence-electron chi connectivity index (χ2n) is 18.8. The second kappa shape index (κ2) is 56.9. The van der Waals surface area contributed by atoms with Gasteiger partial charge < -0.3 is 14.2 Å². The van der Waals surface area contributed by atoms with Crippen LogP contribution in [0, 0.1) is 0 Å². The number of allylic oxidation sites excluding steroid dienone is 16. The number of esters is 3. The number of hydrogen-bond donors (Lipinski definition) is 0. The molecule has 394 valence electrons. The molecule has 0 aliphatic carbocycles. The van der Waals surface area contributed by atoms with Crippen molar-refractivity contribution in [2.24, 2.45) is 0 Å². The highest BCUT2D eigenvalue weighted by atomic mass is 16.6. The molecular weight excluding hydrogens is 853 g/mol. The lowest BCUT2D eigenvalue weighted by molar-refractivity contribution is -0.166. The van der Waals surface area contributed by atoms with Gasteiger partial charge in [-0.1, -0.05) is 234 Å². The molecule has 6 heteroatoms. The zero-order chi connectivity index (χ0) is 50.0. The van der Waals surface area contributed by atoms with Crippen LogP contribution in [0.15, 0.2) is 97.2 Å². The highest BCUT2D eigenvalue weighted by Gasteiger charge is 2.19. The monoisotopic (exact) mass is 959 g/mol. The van der Waals surface area contributed by atoms with Gasteiger partial charge in [0.1, 0.15) is 13.2 Å². The van der Waals surface area contributed by atoms with Crippen LogP contribution < -0.4 is 0 Å². The fraction of sp³-hybridized carbons (Fsp3) is 0.698. The Kier molecular flexibility index (Phi) is 53.9. The van der Waals surface area contributed by atoms with Crippen LogP contribution in [0.1, 0.15) is 265 Å². The summed E-state index contributed by atoms with van der Waals surface area (Å²) >= 11 is 0. The third kappa shape index (κ3) is 55.1.